The van der Waals surface area contributed by atoms with E-state index >= 15 is 0 Å². The molecule has 100 valence electrons. The van der Waals surface area contributed by atoms with Gasteiger partial charge in [0.2, 0.25) is 11.4 Å². The molecule has 2 aromatic heterocycles. The first-order chi connectivity index (χ1) is 9.65. The Hall–Kier alpha value is -2.53. The van der Waals surface area contributed by atoms with Gasteiger partial charge in [0.25, 0.3) is 0 Å². The molecule has 0 amide bonds. The SMILES string of the molecule is Nc1onc(-c2cccc(=O)[nH]2)c1-c1ccc(Cl)cc1. The van der Waals surface area contributed by atoms with Crippen LogP contribution >= 0.6 is 11.6 Å². The summed E-state index contributed by atoms with van der Waals surface area (Å²) in [7, 11) is 0. The summed E-state index contributed by atoms with van der Waals surface area (Å²) in [4.78, 5) is 14.1. The molecule has 2 heterocycles. The van der Waals surface area contributed by atoms with Gasteiger partial charge in [-0.3, -0.25) is 4.79 Å². The van der Waals surface area contributed by atoms with Gasteiger partial charge in [0.15, 0.2) is 0 Å². The Labute approximate surface area is 119 Å². The van der Waals surface area contributed by atoms with E-state index in [4.69, 9.17) is 21.9 Å². The van der Waals surface area contributed by atoms with Gasteiger partial charge in [-0.2, -0.15) is 0 Å². The van der Waals surface area contributed by atoms with Gasteiger partial charge in [0, 0.05) is 11.1 Å². The first kappa shape index (κ1) is 12.5. The molecule has 0 aliphatic carbocycles. The Kier molecular flexibility index (Phi) is 3.04. The molecule has 0 saturated carbocycles. The number of hydrogen-bond donors (Lipinski definition) is 2. The van der Waals surface area contributed by atoms with Crippen molar-refractivity contribution in [2.75, 3.05) is 5.73 Å². The fourth-order valence-electron chi connectivity index (χ4n) is 1.97. The zero-order valence-corrected chi connectivity index (χ0v) is 11.0. The second kappa shape index (κ2) is 4.86. The lowest BCUT2D eigenvalue weighted by Crippen LogP contribution is -2.04. The number of anilines is 1. The van der Waals surface area contributed by atoms with Gasteiger partial charge >= 0.3 is 0 Å². The van der Waals surface area contributed by atoms with Crippen molar-refractivity contribution in [1.82, 2.24) is 10.1 Å². The normalized spacial score (nSPS) is 10.7. The third-order valence-corrected chi connectivity index (χ3v) is 3.13. The molecular formula is C14H10ClN3O2. The number of nitrogens with zero attached hydrogens (tertiary/aromatic N) is 1. The zero-order chi connectivity index (χ0) is 14.1. The van der Waals surface area contributed by atoms with Crippen molar-refractivity contribution in [1.29, 1.82) is 0 Å². The van der Waals surface area contributed by atoms with Gasteiger partial charge in [-0.1, -0.05) is 35.0 Å². The third kappa shape index (κ3) is 2.19. The predicted molar refractivity (Wildman–Crippen MR) is 77.4 cm³/mol. The van der Waals surface area contributed by atoms with Crippen LogP contribution in [0.3, 0.4) is 0 Å². The van der Waals surface area contributed by atoms with E-state index in [-0.39, 0.29) is 11.4 Å². The Morgan fingerprint density at radius 2 is 1.90 bits per heavy atom. The van der Waals surface area contributed by atoms with Crippen LogP contribution in [0.5, 0.6) is 0 Å². The summed E-state index contributed by atoms with van der Waals surface area (Å²) in [5, 5.41) is 4.55. The molecule has 0 bridgehead atoms. The molecule has 0 spiro atoms. The smallest absolute Gasteiger partial charge is 0.248 e. The van der Waals surface area contributed by atoms with Crippen molar-refractivity contribution in [3.8, 4) is 22.5 Å². The van der Waals surface area contributed by atoms with Crippen LogP contribution in [0.25, 0.3) is 22.5 Å². The van der Waals surface area contributed by atoms with Crippen molar-refractivity contribution in [2.45, 2.75) is 0 Å². The van der Waals surface area contributed by atoms with E-state index in [1.165, 1.54) is 6.07 Å². The molecule has 0 aliphatic rings. The summed E-state index contributed by atoms with van der Waals surface area (Å²) in [6.45, 7) is 0. The van der Waals surface area contributed by atoms with Crippen LogP contribution in [0, 0.1) is 0 Å². The average Bonchev–Trinajstić information content (AvgIpc) is 2.82. The highest BCUT2D eigenvalue weighted by Crippen LogP contribution is 2.35. The number of aromatic amines is 1. The summed E-state index contributed by atoms with van der Waals surface area (Å²) in [5.74, 6) is 0.187. The Morgan fingerprint density at radius 3 is 2.60 bits per heavy atom. The van der Waals surface area contributed by atoms with Gasteiger partial charge in [-0.25, -0.2) is 0 Å². The summed E-state index contributed by atoms with van der Waals surface area (Å²) < 4.78 is 5.05. The maximum Gasteiger partial charge on any atom is 0.248 e. The summed E-state index contributed by atoms with van der Waals surface area (Å²) in [6.07, 6.45) is 0. The predicted octanol–water partition coefficient (Wildman–Crippen LogP) is 2.93. The first-order valence-electron chi connectivity index (χ1n) is 5.86. The number of pyridine rings is 1. The Morgan fingerprint density at radius 1 is 1.15 bits per heavy atom. The molecule has 3 rings (SSSR count). The van der Waals surface area contributed by atoms with E-state index in [0.717, 1.165) is 5.56 Å². The lowest BCUT2D eigenvalue weighted by molar-refractivity contribution is 0.439. The van der Waals surface area contributed by atoms with Crippen LogP contribution < -0.4 is 11.3 Å². The highest BCUT2D eigenvalue weighted by atomic mass is 35.5. The van der Waals surface area contributed by atoms with E-state index in [2.05, 4.69) is 10.1 Å². The van der Waals surface area contributed by atoms with E-state index in [1.807, 2.05) is 12.1 Å². The quantitative estimate of drug-likeness (QED) is 0.759. The molecular weight excluding hydrogens is 278 g/mol. The van der Waals surface area contributed by atoms with Gasteiger partial charge < -0.3 is 15.2 Å². The molecule has 0 radical (unpaired) electrons. The number of nitrogens with two attached hydrogens (primary N) is 1. The molecule has 3 aromatic rings. The number of benzene rings is 1. The van der Waals surface area contributed by atoms with Crippen LogP contribution in [0.15, 0.2) is 51.8 Å². The maximum absolute atomic E-state index is 11.4. The molecule has 20 heavy (non-hydrogen) atoms. The molecule has 5 nitrogen and oxygen atoms in total. The average molecular weight is 288 g/mol. The van der Waals surface area contributed by atoms with Crippen molar-refractivity contribution in [2.24, 2.45) is 0 Å². The molecule has 0 fully saturated rings. The summed E-state index contributed by atoms with van der Waals surface area (Å²) in [6, 6.07) is 11.9. The minimum absolute atomic E-state index is 0.187. The van der Waals surface area contributed by atoms with Crippen LogP contribution in [0.2, 0.25) is 5.02 Å². The second-order valence-electron chi connectivity index (χ2n) is 4.21. The van der Waals surface area contributed by atoms with Gasteiger partial charge in [0.1, 0.15) is 5.69 Å². The summed E-state index contributed by atoms with van der Waals surface area (Å²) in [5.41, 5.74) is 8.09. The highest BCUT2D eigenvalue weighted by molar-refractivity contribution is 6.30. The fourth-order valence-corrected chi connectivity index (χ4v) is 2.09. The molecule has 6 heteroatoms. The van der Waals surface area contributed by atoms with Crippen LogP contribution in [-0.4, -0.2) is 10.1 Å². The Bertz CT molecular complexity index is 806. The maximum atomic E-state index is 11.4. The van der Waals surface area contributed by atoms with Crippen molar-refractivity contribution >= 4 is 17.5 Å². The van der Waals surface area contributed by atoms with E-state index in [9.17, 15) is 4.79 Å². The van der Waals surface area contributed by atoms with E-state index in [0.29, 0.717) is 22.0 Å². The highest BCUT2D eigenvalue weighted by Gasteiger charge is 2.17. The van der Waals surface area contributed by atoms with Crippen LogP contribution in [0.1, 0.15) is 0 Å². The number of halogens is 1. The number of nitrogens with one attached hydrogen (secondary N) is 1. The molecule has 0 unspecified atom stereocenters. The third-order valence-electron chi connectivity index (χ3n) is 2.87. The van der Waals surface area contributed by atoms with Gasteiger partial charge in [-0.15, -0.1) is 0 Å². The van der Waals surface area contributed by atoms with E-state index < -0.39 is 0 Å². The molecule has 0 aliphatic heterocycles. The molecule has 1 aromatic carbocycles. The lowest BCUT2D eigenvalue weighted by Gasteiger charge is -2.02. The number of H-pyrrole nitrogens is 1. The minimum atomic E-state index is -0.217. The summed E-state index contributed by atoms with van der Waals surface area (Å²) >= 11 is 5.87. The van der Waals surface area contributed by atoms with Crippen LogP contribution in [0.4, 0.5) is 5.88 Å². The lowest BCUT2D eigenvalue weighted by atomic mass is 10.0. The molecule has 0 atom stereocenters. The number of hydrogen-bond acceptors (Lipinski definition) is 4. The van der Waals surface area contributed by atoms with Crippen molar-refractivity contribution < 1.29 is 4.52 Å². The first-order valence-corrected chi connectivity index (χ1v) is 6.24. The Balaban J connectivity index is 2.19. The number of aromatic nitrogens is 2. The monoisotopic (exact) mass is 287 g/mol. The fraction of sp³-hybridized carbons (Fsp3) is 0. The van der Waals surface area contributed by atoms with Crippen molar-refractivity contribution in [3.63, 3.8) is 0 Å². The number of nitrogen functional groups attached to an aromatic ring is 1. The van der Waals surface area contributed by atoms with Crippen LogP contribution in [-0.2, 0) is 0 Å². The topological polar surface area (TPSA) is 84.9 Å². The standard InChI is InChI=1S/C14H10ClN3O2/c15-9-6-4-8(5-7-9)12-13(18-20-14(12)16)10-2-1-3-11(19)17-10/h1-7H,16H2,(H,17,19). The number of rotatable bonds is 2. The second-order valence-corrected chi connectivity index (χ2v) is 4.64. The minimum Gasteiger partial charge on any atom is -0.367 e. The molecule has 0 saturated heterocycles. The van der Waals surface area contributed by atoms with Gasteiger partial charge in [-0.05, 0) is 23.8 Å². The molecule has 3 N–H and O–H groups in total. The van der Waals surface area contributed by atoms with E-state index in [1.54, 1.807) is 24.3 Å². The van der Waals surface area contributed by atoms with Crippen molar-refractivity contribution in [3.05, 3.63) is 57.8 Å². The van der Waals surface area contributed by atoms with Gasteiger partial charge in [0.05, 0.1) is 11.3 Å². The largest absolute Gasteiger partial charge is 0.367 e. The zero-order valence-electron chi connectivity index (χ0n) is 10.3.